The van der Waals surface area contributed by atoms with Gasteiger partial charge in [-0.3, -0.25) is 4.84 Å². The third kappa shape index (κ3) is 2.22. The summed E-state index contributed by atoms with van der Waals surface area (Å²) in [6, 6.07) is 0. The summed E-state index contributed by atoms with van der Waals surface area (Å²) in [6.07, 6.45) is 2.78. The highest BCUT2D eigenvalue weighted by Gasteiger charge is 2.34. The van der Waals surface area contributed by atoms with Crippen LogP contribution in [0.4, 0.5) is 0 Å². The van der Waals surface area contributed by atoms with E-state index in [2.05, 4.69) is 4.90 Å². The lowest BCUT2D eigenvalue weighted by Crippen LogP contribution is -2.49. The van der Waals surface area contributed by atoms with Crippen LogP contribution in [0, 0.1) is 11.8 Å². The molecule has 3 aliphatic heterocycles. The van der Waals surface area contributed by atoms with Crippen molar-refractivity contribution < 1.29 is 4.84 Å². The van der Waals surface area contributed by atoms with Crippen LogP contribution in [0.25, 0.3) is 0 Å². The molecule has 2 bridgehead atoms. The second kappa shape index (κ2) is 3.95. The van der Waals surface area contributed by atoms with Gasteiger partial charge in [0.15, 0.2) is 0 Å². The van der Waals surface area contributed by atoms with Crippen molar-refractivity contribution in [2.45, 2.75) is 12.8 Å². The Morgan fingerprint density at radius 2 is 2.00 bits per heavy atom. The summed E-state index contributed by atoms with van der Waals surface area (Å²) in [6.45, 7) is 4.82. The molecule has 0 radical (unpaired) electrons. The van der Waals surface area contributed by atoms with Gasteiger partial charge in [-0.25, -0.2) is 0 Å². The molecule has 76 valence electrons. The van der Waals surface area contributed by atoms with Gasteiger partial charge in [-0.05, 0) is 37.8 Å². The Bertz CT molecular complexity index is 164. The van der Waals surface area contributed by atoms with Crippen LogP contribution >= 0.6 is 0 Å². The van der Waals surface area contributed by atoms with Crippen molar-refractivity contribution in [1.82, 2.24) is 9.96 Å². The van der Waals surface area contributed by atoms with E-state index in [0.717, 1.165) is 18.4 Å². The average molecular weight is 184 g/mol. The molecule has 3 heteroatoms. The van der Waals surface area contributed by atoms with Gasteiger partial charge in [0.1, 0.15) is 0 Å². The molecule has 1 unspecified atom stereocenters. The molecule has 3 aliphatic rings. The number of hydrogen-bond acceptors (Lipinski definition) is 3. The van der Waals surface area contributed by atoms with Gasteiger partial charge in [-0.1, -0.05) is 0 Å². The monoisotopic (exact) mass is 184 g/mol. The summed E-state index contributed by atoms with van der Waals surface area (Å²) < 4.78 is 0. The van der Waals surface area contributed by atoms with Gasteiger partial charge in [0.25, 0.3) is 0 Å². The molecule has 0 aromatic heterocycles. The first-order valence-electron chi connectivity index (χ1n) is 5.28. The van der Waals surface area contributed by atoms with Crippen molar-refractivity contribution in [3.05, 3.63) is 0 Å². The van der Waals surface area contributed by atoms with Gasteiger partial charge >= 0.3 is 0 Å². The number of fused-ring (bicyclic) bond motifs is 3. The largest absolute Gasteiger partial charge is 0.303 e. The van der Waals surface area contributed by atoms with E-state index in [9.17, 15) is 0 Å². The van der Waals surface area contributed by atoms with Gasteiger partial charge in [-0.2, -0.15) is 5.06 Å². The fourth-order valence-corrected chi connectivity index (χ4v) is 2.52. The number of piperidine rings is 3. The lowest BCUT2D eigenvalue weighted by atomic mass is 9.80. The van der Waals surface area contributed by atoms with Crippen LogP contribution in [0.5, 0.6) is 0 Å². The minimum Gasteiger partial charge on any atom is -0.303 e. The molecule has 0 spiro atoms. The van der Waals surface area contributed by atoms with Crippen molar-refractivity contribution in [2.24, 2.45) is 11.8 Å². The zero-order chi connectivity index (χ0) is 9.26. The molecule has 3 saturated heterocycles. The molecule has 1 atom stereocenters. The Morgan fingerprint density at radius 1 is 1.31 bits per heavy atom. The van der Waals surface area contributed by atoms with E-state index in [4.69, 9.17) is 4.84 Å². The van der Waals surface area contributed by atoms with Crippen molar-refractivity contribution in [3.63, 3.8) is 0 Å². The summed E-state index contributed by atoms with van der Waals surface area (Å²) in [5, 5.41) is 1.82. The summed E-state index contributed by atoms with van der Waals surface area (Å²) in [4.78, 5) is 8.11. The van der Waals surface area contributed by atoms with E-state index in [1.54, 1.807) is 0 Å². The molecule has 3 heterocycles. The summed E-state index contributed by atoms with van der Waals surface area (Å²) >= 11 is 0. The smallest absolute Gasteiger partial charge is 0.0727 e. The van der Waals surface area contributed by atoms with Gasteiger partial charge in [0.2, 0.25) is 0 Å². The minimum atomic E-state index is 0.782. The van der Waals surface area contributed by atoms with Crippen molar-refractivity contribution >= 4 is 0 Å². The molecule has 13 heavy (non-hydrogen) atoms. The summed E-state index contributed by atoms with van der Waals surface area (Å²) in [7, 11) is 3.92. The highest BCUT2D eigenvalue weighted by atomic mass is 16.7. The molecular formula is C10H20N2O. The van der Waals surface area contributed by atoms with E-state index in [1.807, 2.05) is 19.2 Å². The third-order valence-corrected chi connectivity index (χ3v) is 3.34. The Kier molecular flexibility index (Phi) is 2.86. The molecule has 0 N–H and O–H groups in total. The first kappa shape index (κ1) is 9.44. The maximum absolute atomic E-state index is 5.54. The van der Waals surface area contributed by atoms with Crippen LogP contribution in [-0.4, -0.2) is 50.3 Å². The van der Waals surface area contributed by atoms with E-state index in [-0.39, 0.29) is 0 Å². The van der Waals surface area contributed by atoms with Crippen molar-refractivity contribution in [3.8, 4) is 0 Å². The van der Waals surface area contributed by atoms with Gasteiger partial charge < -0.3 is 4.90 Å². The third-order valence-electron chi connectivity index (χ3n) is 3.34. The topological polar surface area (TPSA) is 15.7 Å². The SMILES string of the molecule is CN(C)OCC1CN2CCC1CC2. The predicted octanol–water partition coefficient (Wildman–Crippen LogP) is 0.821. The standard InChI is InChI=1S/C10H20N2O/c1-11(2)13-8-10-7-12-5-3-9(10)4-6-12/h9-10H,3-8H2,1-2H3. The first-order valence-corrected chi connectivity index (χ1v) is 5.28. The van der Waals surface area contributed by atoms with Gasteiger partial charge in [0.05, 0.1) is 6.61 Å². The second-order valence-electron chi connectivity index (χ2n) is 4.51. The maximum Gasteiger partial charge on any atom is 0.0727 e. The fourth-order valence-electron chi connectivity index (χ4n) is 2.52. The highest BCUT2D eigenvalue weighted by molar-refractivity contribution is 4.86. The minimum absolute atomic E-state index is 0.782. The molecular weight excluding hydrogens is 164 g/mol. The van der Waals surface area contributed by atoms with E-state index in [0.29, 0.717) is 0 Å². The molecule has 0 amide bonds. The Balaban J connectivity index is 1.80. The zero-order valence-corrected chi connectivity index (χ0v) is 8.70. The molecule has 0 aliphatic carbocycles. The van der Waals surface area contributed by atoms with Crippen LogP contribution in [0.2, 0.25) is 0 Å². The van der Waals surface area contributed by atoms with Crippen molar-refractivity contribution in [2.75, 3.05) is 40.3 Å². The highest BCUT2D eigenvalue weighted by Crippen LogP contribution is 2.32. The Hall–Kier alpha value is -0.120. The average Bonchev–Trinajstić information content (AvgIpc) is 2.17. The fraction of sp³-hybridized carbons (Fsp3) is 1.00. The van der Waals surface area contributed by atoms with E-state index in [1.165, 1.54) is 32.5 Å². The summed E-state index contributed by atoms with van der Waals surface area (Å²) in [5.41, 5.74) is 0. The van der Waals surface area contributed by atoms with Gasteiger partial charge in [-0.15, -0.1) is 0 Å². The molecule has 3 nitrogen and oxygen atoms in total. The quantitative estimate of drug-likeness (QED) is 0.604. The molecule has 0 saturated carbocycles. The van der Waals surface area contributed by atoms with Crippen LogP contribution < -0.4 is 0 Å². The van der Waals surface area contributed by atoms with Crippen LogP contribution in [0.3, 0.4) is 0 Å². The lowest BCUT2D eigenvalue weighted by molar-refractivity contribution is -0.149. The first-order chi connectivity index (χ1) is 6.25. The second-order valence-corrected chi connectivity index (χ2v) is 4.51. The van der Waals surface area contributed by atoms with E-state index < -0.39 is 0 Å². The number of hydroxylamine groups is 2. The molecule has 3 fully saturated rings. The van der Waals surface area contributed by atoms with Crippen LogP contribution in [0.1, 0.15) is 12.8 Å². The Morgan fingerprint density at radius 3 is 2.46 bits per heavy atom. The predicted molar refractivity (Wildman–Crippen MR) is 52.3 cm³/mol. The van der Waals surface area contributed by atoms with Gasteiger partial charge in [0, 0.05) is 20.6 Å². The maximum atomic E-state index is 5.54. The van der Waals surface area contributed by atoms with Crippen LogP contribution in [-0.2, 0) is 4.84 Å². The molecule has 0 aromatic carbocycles. The number of hydrogen-bond donors (Lipinski definition) is 0. The van der Waals surface area contributed by atoms with E-state index >= 15 is 0 Å². The zero-order valence-electron chi connectivity index (χ0n) is 8.70. The van der Waals surface area contributed by atoms with Crippen LogP contribution in [0.15, 0.2) is 0 Å². The number of nitrogens with zero attached hydrogens (tertiary/aromatic N) is 2. The molecule has 0 aromatic rings. The van der Waals surface area contributed by atoms with Crippen molar-refractivity contribution in [1.29, 1.82) is 0 Å². The normalized spacial score (nSPS) is 38.5. The number of rotatable bonds is 3. The summed E-state index contributed by atoms with van der Waals surface area (Å²) in [5.74, 6) is 1.72. The lowest BCUT2D eigenvalue weighted by Gasteiger charge is -2.44. The Labute approximate surface area is 80.6 Å². The molecule has 3 rings (SSSR count).